The van der Waals surface area contributed by atoms with Crippen LogP contribution in [-0.4, -0.2) is 36.3 Å². The first-order valence-electron chi connectivity index (χ1n) is 12.9. The number of primary amides is 2. The maximum atomic E-state index is 13.4. The molecule has 3 fully saturated rings. The fraction of sp³-hybridized carbons (Fsp3) is 0.643. The monoisotopic (exact) mass is 449 g/mol. The molecule has 4 atom stereocenters. The summed E-state index contributed by atoms with van der Waals surface area (Å²) in [4.78, 5) is 29.4. The van der Waals surface area contributed by atoms with Gasteiger partial charge >= 0.3 is 0 Å². The van der Waals surface area contributed by atoms with Gasteiger partial charge in [-0.1, -0.05) is 48.4 Å². The molecule has 1 aromatic carbocycles. The largest absolute Gasteiger partial charge is 0.369 e. The lowest BCUT2D eigenvalue weighted by atomic mass is 9.53. The number of amides is 2. The number of carbonyl (C=O) groups excluding carboxylic acids is 2. The fourth-order valence-corrected chi connectivity index (χ4v) is 8.02. The third kappa shape index (κ3) is 3.30. The van der Waals surface area contributed by atoms with E-state index in [1.54, 1.807) is 0 Å². The van der Waals surface area contributed by atoms with Gasteiger partial charge in [0.25, 0.3) is 0 Å². The zero-order chi connectivity index (χ0) is 23.3. The predicted molar refractivity (Wildman–Crippen MR) is 130 cm³/mol. The van der Waals surface area contributed by atoms with Crippen LogP contribution in [0.15, 0.2) is 36.4 Å². The van der Waals surface area contributed by atoms with Crippen LogP contribution in [-0.2, 0) is 16.0 Å². The predicted octanol–water partition coefficient (Wildman–Crippen LogP) is 3.73. The fourth-order valence-electron chi connectivity index (χ4n) is 8.02. The van der Waals surface area contributed by atoms with Gasteiger partial charge in [0.1, 0.15) is 0 Å². The Hall–Kier alpha value is -2.14. The molecule has 1 saturated heterocycles. The summed E-state index contributed by atoms with van der Waals surface area (Å²) >= 11 is 0. The van der Waals surface area contributed by atoms with Gasteiger partial charge in [0, 0.05) is 0 Å². The van der Waals surface area contributed by atoms with Crippen molar-refractivity contribution in [2.24, 2.45) is 39.5 Å². The van der Waals surface area contributed by atoms with Gasteiger partial charge in [-0.05, 0) is 101 Å². The number of benzene rings is 1. The highest BCUT2D eigenvalue weighted by Crippen LogP contribution is 2.81. The number of allylic oxidation sites excluding steroid dienone is 2. The average Bonchev–Trinajstić information content (AvgIpc) is 3.16. The van der Waals surface area contributed by atoms with Gasteiger partial charge in [0.05, 0.1) is 10.8 Å². The molecule has 0 radical (unpaired) electrons. The molecule has 5 heteroatoms. The second-order valence-corrected chi connectivity index (χ2v) is 11.2. The lowest BCUT2D eigenvalue weighted by molar-refractivity contribution is -0.152. The molecule has 1 heterocycles. The number of hydrogen-bond donors (Lipinski definition) is 2. The number of rotatable bonds is 10. The summed E-state index contributed by atoms with van der Waals surface area (Å²) in [7, 11) is 0. The second-order valence-electron chi connectivity index (χ2n) is 11.2. The Labute approximate surface area is 198 Å². The van der Waals surface area contributed by atoms with Crippen molar-refractivity contribution < 1.29 is 9.59 Å². The van der Waals surface area contributed by atoms with Gasteiger partial charge in [-0.15, -0.1) is 0 Å². The summed E-state index contributed by atoms with van der Waals surface area (Å²) in [6.07, 6.45) is 13.1. The van der Waals surface area contributed by atoms with E-state index in [1.807, 2.05) is 0 Å². The third-order valence-electron chi connectivity index (χ3n) is 9.72. The highest BCUT2D eigenvalue weighted by molar-refractivity contribution is 5.95. The molecule has 5 rings (SSSR count). The molecule has 5 nitrogen and oxygen atoms in total. The number of aryl methyl sites for hydroxylation is 2. The maximum absolute atomic E-state index is 13.4. The van der Waals surface area contributed by atoms with Crippen molar-refractivity contribution in [2.45, 2.75) is 64.7 Å². The zero-order valence-electron chi connectivity index (χ0n) is 20.0. The van der Waals surface area contributed by atoms with Crippen LogP contribution >= 0.6 is 0 Å². The third-order valence-corrected chi connectivity index (χ3v) is 9.72. The smallest absolute Gasteiger partial charge is 0.225 e. The molecule has 4 N–H and O–H groups in total. The first-order valence-corrected chi connectivity index (χ1v) is 12.9. The van der Waals surface area contributed by atoms with E-state index in [2.05, 4.69) is 48.2 Å². The number of carbonyl (C=O) groups is 2. The standard InChI is InChI=1S/C28H39N3O2/c1-20-6-8-21(9-7-20)12-14-28(25(30)33)23-11-10-22(26(23)15-16-26)27(28,24(29)32)13-2-3-17-31-18-4-5-19-31/h6-11,22-23H,2-5,12-19H2,1H3,(H2,29,32)(H2,30,33)/t22-,23+,27+,28+/m1/s1. The van der Waals surface area contributed by atoms with E-state index in [-0.39, 0.29) is 29.1 Å². The van der Waals surface area contributed by atoms with Crippen LogP contribution in [0.3, 0.4) is 0 Å². The van der Waals surface area contributed by atoms with E-state index in [4.69, 9.17) is 11.5 Å². The van der Waals surface area contributed by atoms with Gasteiger partial charge in [0.15, 0.2) is 0 Å². The first kappa shape index (κ1) is 22.6. The first-order chi connectivity index (χ1) is 15.9. The Kier molecular flexibility index (Phi) is 5.67. The van der Waals surface area contributed by atoms with Gasteiger partial charge < -0.3 is 16.4 Å². The topological polar surface area (TPSA) is 89.4 Å². The Bertz CT molecular complexity index is 944. The Morgan fingerprint density at radius 2 is 1.48 bits per heavy atom. The van der Waals surface area contributed by atoms with Crippen LogP contribution in [0.4, 0.5) is 0 Å². The minimum atomic E-state index is -0.896. The van der Waals surface area contributed by atoms with Crippen LogP contribution < -0.4 is 11.5 Å². The summed E-state index contributed by atoms with van der Waals surface area (Å²) in [5.41, 5.74) is 13.2. The van der Waals surface area contributed by atoms with E-state index in [0.29, 0.717) is 12.8 Å². The SMILES string of the molecule is Cc1ccc(CC[C@@]2(C(N)=O)[C@H]3C=C[C@H](C34CC4)[C@@]2(CCCCN2CCCC2)C(N)=O)cc1. The number of nitrogens with zero attached hydrogens (tertiary/aromatic N) is 1. The minimum absolute atomic E-state index is 0.0201. The molecule has 2 amide bonds. The van der Waals surface area contributed by atoms with Gasteiger partial charge in [-0.25, -0.2) is 0 Å². The maximum Gasteiger partial charge on any atom is 0.225 e. The van der Waals surface area contributed by atoms with E-state index in [1.165, 1.54) is 37.1 Å². The second kappa shape index (κ2) is 8.26. The Morgan fingerprint density at radius 1 is 0.909 bits per heavy atom. The Balaban J connectivity index is 1.45. The van der Waals surface area contributed by atoms with E-state index < -0.39 is 10.8 Å². The van der Waals surface area contributed by atoms with E-state index in [0.717, 1.165) is 38.6 Å². The van der Waals surface area contributed by atoms with Crippen molar-refractivity contribution >= 4 is 11.8 Å². The van der Waals surface area contributed by atoms with Crippen molar-refractivity contribution in [1.29, 1.82) is 0 Å². The van der Waals surface area contributed by atoms with Crippen LogP contribution in [0.25, 0.3) is 0 Å². The molecule has 1 aromatic rings. The normalized spacial score (nSPS) is 33.7. The minimum Gasteiger partial charge on any atom is -0.369 e. The summed E-state index contributed by atoms with van der Waals surface area (Å²) in [6, 6.07) is 8.47. The number of unbranched alkanes of at least 4 members (excludes halogenated alkanes) is 1. The van der Waals surface area contributed by atoms with Crippen LogP contribution in [0, 0.1) is 35.0 Å². The molecular weight excluding hydrogens is 410 g/mol. The molecule has 1 aliphatic heterocycles. The molecular formula is C28H39N3O2. The van der Waals surface area contributed by atoms with Crippen LogP contribution in [0.5, 0.6) is 0 Å². The van der Waals surface area contributed by atoms with Gasteiger partial charge in [0.2, 0.25) is 11.8 Å². The molecule has 2 saturated carbocycles. The van der Waals surface area contributed by atoms with Gasteiger partial charge in [-0.3, -0.25) is 9.59 Å². The number of nitrogens with two attached hydrogens (primary N) is 2. The number of likely N-dealkylation sites (tertiary alicyclic amines) is 1. The molecule has 0 aromatic heterocycles. The van der Waals surface area contributed by atoms with Crippen molar-refractivity contribution in [3.63, 3.8) is 0 Å². The zero-order valence-corrected chi connectivity index (χ0v) is 20.0. The molecule has 0 unspecified atom stereocenters. The summed E-state index contributed by atoms with van der Waals surface area (Å²) in [5.74, 6) is -0.556. The van der Waals surface area contributed by atoms with Crippen LogP contribution in [0.2, 0.25) is 0 Å². The van der Waals surface area contributed by atoms with Gasteiger partial charge in [-0.2, -0.15) is 0 Å². The summed E-state index contributed by atoms with van der Waals surface area (Å²) < 4.78 is 0. The summed E-state index contributed by atoms with van der Waals surface area (Å²) in [6.45, 7) is 5.50. The molecule has 178 valence electrons. The highest BCUT2D eigenvalue weighted by atomic mass is 16.2. The lowest BCUT2D eigenvalue weighted by Crippen LogP contribution is -2.59. The van der Waals surface area contributed by atoms with Crippen molar-refractivity contribution in [3.05, 3.63) is 47.5 Å². The van der Waals surface area contributed by atoms with E-state index >= 15 is 0 Å². The summed E-state index contributed by atoms with van der Waals surface area (Å²) in [5, 5.41) is 0. The molecule has 2 bridgehead atoms. The molecule has 33 heavy (non-hydrogen) atoms. The van der Waals surface area contributed by atoms with Crippen molar-refractivity contribution in [2.75, 3.05) is 19.6 Å². The molecule has 4 aliphatic rings. The van der Waals surface area contributed by atoms with Crippen molar-refractivity contribution in [3.8, 4) is 0 Å². The van der Waals surface area contributed by atoms with E-state index in [9.17, 15) is 9.59 Å². The Morgan fingerprint density at radius 3 is 2.03 bits per heavy atom. The highest BCUT2D eigenvalue weighted by Gasteiger charge is 2.81. The lowest BCUT2D eigenvalue weighted by Gasteiger charge is -2.48. The van der Waals surface area contributed by atoms with Crippen LogP contribution in [0.1, 0.15) is 62.5 Å². The number of hydrogen-bond acceptors (Lipinski definition) is 3. The molecule has 1 spiro atoms. The quantitative estimate of drug-likeness (QED) is 0.421. The molecule has 3 aliphatic carbocycles. The average molecular weight is 450 g/mol. The van der Waals surface area contributed by atoms with Crippen molar-refractivity contribution in [1.82, 2.24) is 4.90 Å².